The van der Waals surface area contributed by atoms with E-state index in [9.17, 15) is 17.6 Å². The highest BCUT2D eigenvalue weighted by atomic mass is 32.2. The number of thiophene rings is 1. The van der Waals surface area contributed by atoms with Crippen LogP contribution in [0.2, 0.25) is 0 Å². The van der Waals surface area contributed by atoms with Crippen LogP contribution in [0.5, 0.6) is 11.5 Å². The third kappa shape index (κ3) is 6.50. The Morgan fingerprint density at radius 1 is 1.09 bits per heavy atom. The minimum absolute atomic E-state index is 0.000290. The molecule has 0 fully saturated rings. The van der Waals surface area contributed by atoms with E-state index in [-0.39, 0.29) is 43.6 Å². The molecule has 0 radical (unpaired) electrons. The Morgan fingerprint density at radius 2 is 1.91 bits per heavy atom. The number of halogens is 2. The molecular weight excluding hydrogens is 789 g/mol. The van der Waals surface area contributed by atoms with E-state index < -0.39 is 39.2 Å². The van der Waals surface area contributed by atoms with Crippen LogP contribution in [-0.2, 0) is 33.8 Å². The van der Waals surface area contributed by atoms with Gasteiger partial charge in [0.1, 0.15) is 35.4 Å². The molecule has 9 rings (SSSR count). The third-order valence-corrected chi connectivity index (χ3v) is 12.5. The number of pyridine rings is 1. The second-order valence-electron chi connectivity index (χ2n) is 14.7. The Labute approximate surface area is 336 Å². The summed E-state index contributed by atoms with van der Waals surface area (Å²) in [7, 11) is -1.50. The van der Waals surface area contributed by atoms with Gasteiger partial charge in [0.05, 0.1) is 60.2 Å². The summed E-state index contributed by atoms with van der Waals surface area (Å²) >= 11 is 1.40. The number of nitrogens with one attached hydrogen (secondary N) is 1. The van der Waals surface area contributed by atoms with Gasteiger partial charge in [-0.2, -0.15) is 10.2 Å². The van der Waals surface area contributed by atoms with Crippen LogP contribution in [0, 0.1) is 11.6 Å². The van der Waals surface area contributed by atoms with Gasteiger partial charge in [-0.05, 0) is 43.5 Å². The highest BCUT2D eigenvalue weighted by Gasteiger charge is 2.46. The summed E-state index contributed by atoms with van der Waals surface area (Å²) in [5.41, 5.74) is 2.77. The topological polar surface area (TPSA) is 143 Å². The normalized spacial score (nSPS) is 20.4. The number of fused-ring (bicyclic) bond motifs is 10. The van der Waals surface area contributed by atoms with Crippen LogP contribution in [-0.4, -0.2) is 82.6 Å². The molecule has 58 heavy (non-hydrogen) atoms. The second kappa shape index (κ2) is 14.3. The van der Waals surface area contributed by atoms with E-state index in [4.69, 9.17) is 24.3 Å². The quantitative estimate of drug-likeness (QED) is 0.186. The number of nitrogens with zero attached hydrogens (tertiary/aromatic N) is 6. The van der Waals surface area contributed by atoms with Gasteiger partial charge in [0, 0.05) is 82.5 Å². The number of carbonyl (C=O) groups is 1. The van der Waals surface area contributed by atoms with Crippen molar-refractivity contribution in [3.05, 3.63) is 100 Å². The molecule has 0 saturated carbocycles. The molecule has 0 aliphatic carbocycles. The lowest BCUT2D eigenvalue weighted by atomic mass is 9.83. The predicted molar refractivity (Wildman–Crippen MR) is 215 cm³/mol. The van der Waals surface area contributed by atoms with Gasteiger partial charge in [-0.1, -0.05) is 12.2 Å². The maximum absolute atomic E-state index is 16.4. The number of rotatable bonds is 4. The molecule has 7 heterocycles. The number of hydrogen-bond donors (Lipinski definition) is 1. The fourth-order valence-corrected chi connectivity index (χ4v) is 9.53. The second-order valence-corrected chi connectivity index (χ2v) is 17.6. The summed E-state index contributed by atoms with van der Waals surface area (Å²) in [5, 5.41) is 17.1. The SMILES string of the molecule is C[C@H](/C=C/S(C)(=O)=O)NC(=O)N1CCn2nc(C34CCOc5cc(F)cc(F)c5-c5c3nc(c3ccsc53)-c3cc5cnn(C)c5cc3OC/C=C/CO4)cc2[C@@H]1C. The predicted octanol–water partition coefficient (Wildman–Crippen LogP) is 7.02. The van der Waals surface area contributed by atoms with Crippen LogP contribution in [0.25, 0.3) is 43.4 Å². The van der Waals surface area contributed by atoms with Gasteiger partial charge in [0.2, 0.25) is 0 Å². The molecule has 0 spiro atoms. The summed E-state index contributed by atoms with van der Waals surface area (Å²) in [4.78, 5) is 20.7. The molecule has 17 heteroatoms. The highest BCUT2D eigenvalue weighted by Crippen LogP contribution is 2.52. The first kappa shape index (κ1) is 37.9. The van der Waals surface area contributed by atoms with Crippen molar-refractivity contribution in [2.75, 3.05) is 32.6 Å². The van der Waals surface area contributed by atoms with Crippen molar-refractivity contribution < 1.29 is 36.2 Å². The fourth-order valence-electron chi connectivity index (χ4n) is 8.06. The Balaban J connectivity index is 1.26. The van der Waals surface area contributed by atoms with Crippen LogP contribution in [0.3, 0.4) is 0 Å². The first-order valence-electron chi connectivity index (χ1n) is 18.8. The fraction of sp³-hybridized carbons (Fsp3) is 0.317. The number of benzene rings is 2. The van der Waals surface area contributed by atoms with Gasteiger partial charge in [-0.3, -0.25) is 9.36 Å². The maximum atomic E-state index is 16.4. The monoisotopic (exact) mass is 827 g/mol. The van der Waals surface area contributed by atoms with Gasteiger partial charge in [0.15, 0.2) is 15.4 Å². The zero-order valence-electron chi connectivity index (χ0n) is 32.0. The van der Waals surface area contributed by atoms with E-state index in [0.29, 0.717) is 51.7 Å². The summed E-state index contributed by atoms with van der Waals surface area (Å²) in [6.07, 6.45) is 8.19. The number of amides is 2. The molecule has 2 aromatic carbocycles. The van der Waals surface area contributed by atoms with Crippen molar-refractivity contribution in [2.24, 2.45) is 7.05 Å². The van der Waals surface area contributed by atoms with E-state index in [1.165, 1.54) is 23.5 Å². The highest BCUT2D eigenvalue weighted by molar-refractivity contribution is 7.93. The average molecular weight is 828 g/mol. The minimum Gasteiger partial charge on any atom is -0.493 e. The lowest BCUT2D eigenvalue weighted by Crippen LogP contribution is -2.48. The van der Waals surface area contributed by atoms with E-state index in [2.05, 4.69) is 10.4 Å². The number of ether oxygens (including phenoxy) is 3. The molecule has 1 N–H and O–H groups in total. The molecule has 13 nitrogen and oxygen atoms in total. The van der Waals surface area contributed by atoms with Crippen molar-refractivity contribution in [3.63, 3.8) is 0 Å². The standard InChI is InChI=1S/C41H39F2N7O6S2/c1-23(8-16-58(4,52)53)45-40(51)49-10-11-50-30(24(49)2)21-34(47-50)41-9-14-55-33-19-26(42)18-29(43)35(33)36-38-27(7-15-57-38)37(46-39(36)41)28-17-25-22-44-48(3)31(25)20-32(28)54-12-5-6-13-56-41/h5-8,15-24H,9-14H2,1-4H3,(H,45,51)/b6-5+,16-8+/t23-,24+,41?/m1/s1. The Kier molecular flexibility index (Phi) is 9.36. The number of carbonyl (C=O) groups excluding carboxylic acids is 1. The van der Waals surface area contributed by atoms with Gasteiger partial charge in [-0.15, -0.1) is 11.3 Å². The molecule has 3 atom stereocenters. The minimum atomic E-state index is -3.37. The third-order valence-electron chi connectivity index (χ3n) is 10.9. The van der Waals surface area contributed by atoms with Crippen molar-refractivity contribution in [2.45, 2.75) is 44.5 Å². The Morgan fingerprint density at radius 3 is 2.74 bits per heavy atom. The average Bonchev–Trinajstić information content (AvgIpc) is 3.92. The van der Waals surface area contributed by atoms with Crippen LogP contribution in [0.1, 0.15) is 43.4 Å². The molecular formula is C41H39F2N7O6S2. The van der Waals surface area contributed by atoms with Crippen molar-refractivity contribution in [1.29, 1.82) is 0 Å². The summed E-state index contributed by atoms with van der Waals surface area (Å²) < 4.78 is 78.6. The molecule has 1 unspecified atom stereocenters. The number of urea groups is 1. The van der Waals surface area contributed by atoms with Crippen LogP contribution in [0.4, 0.5) is 13.6 Å². The molecule has 3 aliphatic rings. The zero-order valence-corrected chi connectivity index (χ0v) is 33.7. The molecule has 4 aromatic heterocycles. The summed E-state index contributed by atoms with van der Waals surface area (Å²) in [5.74, 6) is -0.935. The van der Waals surface area contributed by atoms with Gasteiger partial charge in [0.25, 0.3) is 0 Å². The Hall–Kier alpha value is -5.65. The lowest BCUT2D eigenvalue weighted by Gasteiger charge is -2.36. The van der Waals surface area contributed by atoms with Crippen molar-refractivity contribution in [3.8, 4) is 33.9 Å². The Bertz CT molecular complexity index is 2810. The molecule has 2 amide bonds. The van der Waals surface area contributed by atoms with Crippen molar-refractivity contribution in [1.82, 2.24) is 34.8 Å². The molecule has 3 aliphatic heterocycles. The summed E-state index contributed by atoms with van der Waals surface area (Å²) in [6, 6.07) is 8.45. The van der Waals surface area contributed by atoms with Crippen LogP contribution < -0.4 is 14.8 Å². The van der Waals surface area contributed by atoms with E-state index in [0.717, 1.165) is 39.7 Å². The first-order valence-corrected chi connectivity index (χ1v) is 21.6. The van der Waals surface area contributed by atoms with Crippen molar-refractivity contribution >= 4 is 48.2 Å². The van der Waals surface area contributed by atoms with Gasteiger partial charge in [-0.25, -0.2) is 27.0 Å². The number of hydrogen-bond acceptors (Lipinski definition) is 10. The molecule has 0 saturated heterocycles. The van der Waals surface area contributed by atoms with Crippen LogP contribution >= 0.6 is 11.3 Å². The van der Waals surface area contributed by atoms with Crippen LogP contribution in [0.15, 0.2) is 71.6 Å². The van der Waals surface area contributed by atoms with Gasteiger partial charge < -0.3 is 24.4 Å². The number of aromatic nitrogens is 5. The smallest absolute Gasteiger partial charge is 0.318 e. The number of sulfone groups is 1. The molecule has 6 aromatic rings. The lowest BCUT2D eigenvalue weighted by molar-refractivity contribution is -0.0244. The first-order chi connectivity index (χ1) is 27.8. The van der Waals surface area contributed by atoms with E-state index in [1.54, 1.807) is 22.7 Å². The van der Waals surface area contributed by atoms with E-state index in [1.807, 2.05) is 60.5 Å². The van der Waals surface area contributed by atoms with E-state index >= 15 is 4.39 Å². The largest absolute Gasteiger partial charge is 0.493 e. The van der Waals surface area contributed by atoms with Gasteiger partial charge >= 0.3 is 6.03 Å². The molecule has 300 valence electrons. The number of aryl methyl sites for hydroxylation is 1. The maximum Gasteiger partial charge on any atom is 0.318 e. The summed E-state index contributed by atoms with van der Waals surface area (Å²) in [6.45, 7) is 4.61. The molecule has 2 bridgehead atoms. The zero-order chi connectivity index (χ0) is 40.5.